The van der Waals surface area contributed by atoms with Crippen molar-refractivity contribution in [3.05, 3.63) is 70.2 Å². The highest BCUT2D eigenvalue weighted by molar-refractivity contribution is 6.31. The van der Waals surface area contributed by atoms with Crippen LogP contribution in [0.2, 0.25) is 5.02 Å². The van der Waals surface area contributed by atoms with Crippen LogP contribution in [0.4, 0.5) is 8.78 Å². The van der Waals surface area contributed by atoms with Gasteiger partial charge in [0, 0.05) is 17.5 Å². The van der Waals surface area contributed by atoms with Crippen molar-refractivity contribution < 1.29 is 13.9 Å². The molecule has 2 aromatic carbocycles. The number of aliphatic hydroxyl groups excluding tert-OH is 1. The molecule has 2 rings (SSSR count). The largest absolute Gasteiger partial charge is 0.388 e. The van der Waals surface area contributed by atoms with Crippen LogP contribution in [-0.2, 0) is 0 Å². The molecule has 0 aliphatic carbocycles. The van der Waals surface area contributed by atoms with Gasteiger partial charge < -0.3 is 10.8 Å². The lowest BCUT2D eigenvalue weighted by atomic mass is 9.89. The van der Waals surface area contributed by atoms with Crippen LogP contribution in [0.5, 0.6) is 0 Å². The monoisotopic (exact) mass is 297 g/mol. The lowest BCUT2D eigenvalue weighted by molar-refractivity contribution is 0.147. The van der Waals surface area contributed by atoms with Crippen molar-refractivity contribution in [3.63, 3.8) is 0 Å². The predicted octanol–water partition coefficient (Wildman–Crippen LogP) is 3.39. The Kier molecular flexibility index (Phi) is 4.70. The Balaban J connectivity index is 2.36. The summed E-state index contributed by atoms with van der Waals surface area (Å²) in [6.45, 7) is 0.109. The third-order valence-electron chi connectivity index (χ3n) is 3.19. The maximum atomic E-state index is 13.3. The van der Waals surface area contributed by atoms with Gasteiger partial charge in [0.2, 0.25) is 0 Å². The van der Waals surface area contributed by atoms with Crippen molar-refractivity contribution >= 4 is 11.6 Å². The lowest BCUT2D eigenvalue weighted by Gasteiger charge is -2.23. The standard InChI is InChI=1S/C15H14ClF2NO/c16-14-7-11(18)4-5-12(14)15(20)13(8-19)9-2-1-3-10(17)6-9/h1-7,13,15,20H,8,19H2. The van der Waals surface area contributed by atoms with Crippen molar-refractivity contribution in [2.45, 2.75) is 12.0 Å². The van der Waals surface area contributed by atoms with Gasteiger partial charge in [0.25, 0.3) is 0 Å². The van der Waals surface area contributed by atoms with E-state index in [4.69, 9.17) is 17.3 Å². The average Bonchev–Trinajstić information content (AvgIpc) is 2.39. The molecule has 0 saturated carbocycles. The molecule has 0 heterocycles. The molecule has 3 N–H and O–H groups in total. The normalized spacial score (nSPS) is 14.1. The second kappa shape index (κ2) is 6.31. The molecule has 20 heavy (non-hydrogen) atoms. The van der Waals surface area contributed by atoms with E-state index in [1.165, 1.54) is 24.3 Å². The summed E-state index contributed by atoms with van der Waals surface area (Å²) < 4.78 is 26.3. The topological polar surface area (TPSA) is 46.2 Å². The summed E-state index contributed by atoms with van der Waals surface area (Å²) in [4.78, 5) is 0. The van der Waals surface area contributed by atoms with E-state index < -0.39 is 23.7 Å². The van der Waals surface area contributed by atoms with E-state index in [1.807, 2.05) is 0 Å². The quantitative estimate of drug-likeness (QED) is 0.908. The summed E-state index contributed by atoms with van der Waals surface area (Å²) in [6.07, 6.45) is -1.03. The first kappa shape index (κ1) is 14.9. The van der Waals surface area contributed by atoms with E-state index in [2.05, 4.69) is 0 Å². The summed E-state index contributed by atoms with van der Waals surface area (Å²) in [6, 6.07) is 9.60. The molecule has 0 bridgehead atoms. The van der Waals surface area contributed by atoms with Crippen LogP contribution in [0.1, 0.15) is 23.1 Å². The Morgan fingerprint density at radius 3 is 2.40 bits per heavy atom. The number of nitrogens with two attached hydrogens (primary N) is 1. The van der Waals surface area contributed by atoms with Gasteiger partial charge in [-0.3, -0.25) is 0 Å². The van der Waals surface area contributed by atoms with Crippen molar-refractivity contribution in [1.29, 1.82) is 0 Å². The highest BCUT2D eigenvalue weighted by Gasteiger charge is 2.24. The first-order valence-corrected chi connectivity index (χ1v) is 6.49. The Bertz CT molecular complexity index is 606. The maximum absolute atomic E-state index is 13.3. The first-order valence-electron chi connectivity index (χ1n) is 6.11. The van der Waals surface area contributed by atoms with Crippen LogP contribution in [0.15, 0.2) is 42.5 Å². The summed E-state index contributed by atoms with van der Waals surface area (Å²) >= 11 is 5.93. The van der Waals surface area contributed by atoms with Gasteiger partial charge in [0.05, 0.1) is 6.10 Å². The van der Waals surface area contributed by atoms with Crippen LogP contribution >= 0.6 is 11.6 Å². The van der Waals surface area contributed by atoms with E-state index >= 15 is 0 Å². The average molecular weight is 298 g/mol. The number of hydrogen-bond donors (Lipinski definition) is 2. The molecule has 0 saturated heterocycles. The van der Waals surface area contributed by atoms with E-state index in [0.29, 0.717) is 11.1 Å². The number of aliphatic hydroxyl groups is 1. The molecule has 106 valence electrons. The molecule has 5 heteroatoms. The predicted molar refractivity (Wildman–Crippen MR) is 74.6 cm³/mol. The van der Waals surface area contributed by atoms with Crippen molar-refractivity contribution in [2.75, 3.05) is 6.54 Å². The van der Waals surface area contributed by atoms with Crippen LogP contribution < -0.4 is 5.73 Å². The smallest absolute Gasteiger partial charge is 0.124 e. The molecular formula is C15H14ClF2NO. The molecular weight excluding hydrogens is 284 g/mol. The fraction of sp³-hybridized carbons (Fsp3) is 0.200. The van der Waals surface area contributed by atoms with Crippen LogP contribution in [0.3, 0.4) is 0 Å². The van der Waals surface area contributed by atoms with Crippen LogP contribution in [0.25, 0.3) is 0 Å². The Labute approximate surface area is 120 Å². The summed E-state index contributed by atoms with van der Waals surface area (Å²) in [5, 5.41) is 10.5. The summed E-state index contributed by atoms with van der Waals surface area (Å²) in [5.41, 5.74) is 6.61. The maximum Gasteiger partial charge on any atom is 0.124 e. The van der Waals surface area contributed by atoms with E-state index in [1.54, 1.807) is 12.1 Å². The van der Waals surface area contributed by atoms with E-state index in [9.17, 15) is 13.9 Å². The van der Waals surface area contributed by atoms with Gasteiger partial charge >= 0.3 is 0 Å². The fourth-order valence-electron chi connectivity index (χ4n) is 2.14. The third-order valence-corrected chi connectivity index (χ3v) is 3.52. The van der Waals surface area contributed by atoms with Crippen molar-refractivity contribution in [3.8, 4) is 0 Å². The molecule has 0 aliphatic rings. The van der Waals surface area contributed by atoms with Crippen molar-refractivity contribution in [1.82, 2.24) is 0 Å². The molecule has 2 nitrogen and oxygen atoms in total. The highest BCUT2D eigenvalue weighted by atomic mass is 35.5. The summed E-state index contributed by atoms with van der Waals surface area (Å²) in [7, 11) is 0. The molecule has 2 unspecified atom stereocenters. The SMILES string of the molecule is NCC(c1cccc(F)c1)C(O)c1ccc(F)cc1Cl. The van der Waals surface area contributed by atoms with Gasteiger partial charge in [-0.1, -0.05) is 29.8 Å². The van der Waals surface area contributed by atoms with Gasteiger partial charge in [-0.15, -0.1) is 0 Å². The van der Waals surface area contributed by atoms with Crippen LogP contribution in [-0.4, -0.2) is 11.7 Å². The molecule has 0 fully saturated rings. The number of benzene rings is 2. The van der Waals surface area contributed by atoms with Crippen LogP contribution in [0, 0.1) is 11.6 Å². The first-order chi connectivity index (χ1) is 9.52. The minimum atomic E-state index is -1.03. The third kappa shape index (κ3) is 3.15. The zero-order valence-electron chi connectivity index (χ0n) is 10.6. The van der Waals surface area contributed by atoms with Gasteiger partial charge in [0.15, 0.2) is 0 Å². The Morgan fingerprint density at radius 2 is 1.80 bits per heavy atom. The molecule has 0 aliphatic heterocycles. The number of halogens is 3. The zero-order chi connectivity index (χ0) is 14.7. The second-order valence-corrected chi connectivity index (χ2v) is 4.92. The highest BCUT2D eigenvalue weighted by Crippen LogP contribution is 2.34. The number of rotatable bonds is 4. The van der Waals surface area contributed by atoms with Crippen molar-refractivity contribution in [2.24, 2.45) is 5.73 Å². The minimum Gasteiger partial charge on any atom is -0.388 e. The van der Waals surface area contributed by atoms with Gasteiger partial charge in [-0.2, -0.15) is 0 Å². The summed E-state index contributed by atoms with van der Waals surface area (Å²) in [5.74, 6) is -1.41. The Hall–Kier alpha value is -1.49. The molecule has 2 aromatic rings. The van der Waals surface area contributed by atoms with E-state index in [0.717, 1.165) is 6.07 Å². The molecule has 0 amide bonds. The molecule has 2 atom stereocenters. The molecule has 0 aromatic heterocycles. The fourth-order valence-corrected chi connectivity index (χ4v) is 2.42. The Morgan fingerprint density at radius 1 is 1.10 bits per heavy atom. The van der Waals surface area contributed by atoms with Gasteiger partial charge in [0.1, 0.15) is 11.6 Å². The number of hydrogen-bond acceptors (Lipinski definition) is 2. The second-order valence-electron chi connectivity index (χ2n) is 4.51. The zero-order valence-corrected chi connectivity index (χ0v) is 11.3. The van der Waals surface area contributed by atoms with E-state index in [-0.39, 0.29) is 11.6 Å². The molecule has 0 spiro atoms. The lowest BCUT2D eigenvalue weighted by Crippen LogP contribution is -2.20. The van der Waals surface area contributed by atoms with Gasteiger partial charge in [-0.25, -0.2) is 8.78 Å². The molecule has 0 radical (unpaired) electrons. The minimum absolute atomic E-state index is 0.109. The van der Waals surface area contributed by atoms with Gasteiger partial charge in [-0.05, 0) is 35.4 Å².